The van der Waals surface area contributed by atoms with E-state index in [9.17, 15) is 0 Å². The molecule has 0 nitrogen and oxygen atoms in total. The molecule has 0 fully saturated rings. The van der Waals surface area contributed by atoms with Crippen LogP contribution in [0.3, 0.4) is 0 Å². The number of aryl methyl sites for hydroxylation is 2. The predicted molar refractivity (Wildman–Crippen MR) is 71.5 cm³/mol. The van der Waals surface area contributed by atoms with Gasteiger partial charge in [0.05, 0.1) is 0 Å². The summed E-state index contributed by atoms with van der Waals surface area (Å²) >= 11 is 0. The van der Waals surface area contributed by atoms with E-state index in [1.165, 1.54) is 35.1 Å². The molecule has 1 aromatic carbocycles. The normalized spacial score (nSPS) is 15.4. The first kappa shape index (κ1) is 11.2. The number of allylic oxidation sites excluding steroid dienone is 3. The fourth-order valence-corrected chi connectivity index (χ4v) is 2.09. The Kier molecular flexibility index (Phi) is 3.28. The van der Waals surface area contributed by atoms with Crippen LogP contribution in [-0.2, 0) is 6.42 Å². The van der Waals surface area contributed by atoms with E-state index >= 15 is 0 Å². The summed E-state index contributed by atoms with van der Waals surface area (Å²) in [5, 5.41) is 0. The van der Waals surface area contributed by atoms with Crippen molar-refractivity contribution in [1.29, 1.82) is 0 Å². The lowest BCUT2D eigenvalue weighted by Crippen LogP contribution is -1.98. The van der Waals surface area contributed by atoms with Crippen LogP contribution < -0.4 is 0 Å². The van der Waals surface area contributed by atoms with E-state index < -0.39 is 0 Å². The van der Waals surface area contributed by atoms with Gasteiger partial charge in [-0.05, 0) is 42.4 Å². The highest BCUT2D eigenvalue weighted by molar-refractivity contribution is 5.62. The van der Waals surface area contributed by atoms with Gasteiger partial charge in [0.1, 0.15) is 0 Å². The van der Waals surface area contributed by atoms with Crippen molar-refractivity contribution in [1.82, 2.24) is 0 Å². The van der Waals surface area contributed by atoms with Crippen LogP contribution in [-0.4, -0.2) is 0 Å². The Morgan fingerprint density at radius 3 is 2.75 bits per heavy atom. The summed E-state index contributed by atoms with van der Waals surface area (Å²) in [5.74, 6) is 0.639. The summed E-state index contributed by atoms with van der Waals surface area (Å²) < 4.78 is 0. The lowest BCUT2D eigenvalue weighted by molar-refractivity contribution is 0.827. The molecule has 2 rings (SSSR count). The number of fused-ring (bicyclic) bond motifs is 1. The molecule has 0 unspecified atom stereocenters. The maximum Gasteiger partial charge on any atom is -0.0221 e. The minimum Gasteiger partial charge on any atom is -0.0817 e. The zero-order valence-corrected chi connectivity index (χ0v) is 10.5. The molecule has 16 heavy (non-hydrogen) atoms. The molecule has 0 N–H and O–H groups in total. The average Bonchev–Trinajstić information content (AvgIpc) is 2.26. The van der Waals surface area contributed by atoms with Crippen molar-refractivity contribution in [3.63, 3.8) is 0 Å². The zero-order chi connectivity index (χ0) is 11.5. The third-order valence-electron chi connectivity index (χ3n) is 3.02. The van der Waals surface area contributed by atoms with Crippen LogP contribution in [0.1, 0.15) is 37.0 Å². The van der Waals surface area contributed by atoms with Crippen molar-refractivity contribution in [3.05, 3.63) is 52.6 Å². The summed E-state index contributed by atoms with van der Waals surface area (Å²) in [7, 11) is 0. The lowest BCUT2D eigenvalue weighted by atomic mass is 9.90. The Labute approximate surface area is 98.7 Å². The van der Waals surface area contributed by atoms with Crippen molar-refractivity contribution in [2.75, 3.05) is 0 Å². The molecular formula is C16H20. The zero-order valence-electron chi connectivity index (χ0n) is 10.5. The van der Waals surface area contributed by atoms with Crippen molar-refractivity contribution < 1.29 is 0 Å². The van der Waals surface area contributed by atoms with Gasteiger partial charge in [0.15, 0.2) is 0 Å². The molecule has 0 saturated heterocycles. The van der Waals surface area contributed by atoms with Crippen molar-refractivity contribution in [2.45, 2.75) is 33.6 Å². The third kappa shape index (κ3) is 2.63. The smallest absolute Gasteiger partial charge is 0.0221 e. The molecule has 0 saturated carbocycles. The quantitative estimate of drug-likeness (QED) is 0.675. The Balaban J connectivity index is 2.25. The van der Waals surface area contributed by atoms with Crippen LogP contribution in [0, 0.1) is 12.8 Å². The van der Waals surface area contributed by atoms with Gasteiger partial charge in [0.2, 0.25) is 0 Å². The molecule has 0 amide bonds. The molecule has 0 atom stereocenters. The SMILES string of the molecule is Cc1ccc2c(c1)CCC(C=CC(C)C)=C2. The van der Waals surface area contributed by atoms with E-state index in [4.69, 9.17) is 0 Å². The lowest BCUT2D eigenvalue weighted by Gasteiger charge is -2.15. The van der Waals surface area contributed by atoms with Gasteiger partial charge in [-0.25, -0.2) is 0 Å². The molecule has 0 bridgehead atoms. The van der Waals surface area contributed by atoms with Crippen molar-refractivity contribution in [3.8, 4) is 0 Å². The molecule has 84 valence electrons. The molecule has 1 aliphatic carbocycles. The summed E-state index contributed by atoms with van der Waals surface area (Å²) in [6.07, 6.45) is 9.26. The standard InChI is InChI=1S/C16H20/c1-12(2)4-6-14-7-9-15-10-13(3)5-8-16(15)11-14/h4-6,8,10-12H,7,9H2,1-3H3. The first-order chi connectivity index (χ1) is 7.65. The van der Waals surface area contributed by atoms with Crippen LogP contribution in [0.4, 0.5) is 0 Å². The van der Waals surface area contributed by atoms with Crippen LogP contribution in [0.25, 0.3) is 6.08 Å². The minimum atomic E-state index is 0.639. The molecular weight excluding hydrogens is 192 g/mol. The maximum absolute atomic E-state index is 2.33. The van der Waals surface area contributed by atoms with Crippen molar-refractivity contribution >= 4 is 6.08 Å². The van der Waals surface area contributed by atoms with E-state index in [1.54, 1.807) is 0 Å². The topological polar surface area (TPSA) is 0 Å². The first-order valence-electron chi connectivity index (χ1n) is 6.13. The number of rotatable bonds is 2. The van der Waals surface area contributed by atoms with E-state index in [1.807, 2.05) is 0 Å². The highest BCUT2D eigenvalue weighted by Gasteiger charge is 2.08. The number of hydrogen-bond donors (Lipinski definition) is 0. The van der Waals surface area contributed by atoms with E-state index in [-0.39, 0.29) is 0 Å². The van der Waals surface area contributed by atoms with Gasteiger partial charge >= 0.3 is 0 Å². The van der Waals surface area contributed by atoms with Gasteiger partial charge in [-0.15, -0.1) is 0 Å². The third-order valence-corrected chi connectivity index (χ3v) is 3.02. The largest absolute Gasteiger partial charge is 0.0817 e. The molecule has 0 aromatic heterocycles. The first-order valence-corrected chi connectivity index (χ1v) is 6.13. The predicted octanol–water partition coefficient (Wildman–Crippen LogP) is 4.54. The van der Waals surface area contributed by atoms with Crippen LogP contribution in [0.15, 0.2) is 35.9 Å². The molecule has 1 aromatic rings. The Morgan fingerprint density at radius 2 is 2.00 bits per heavy atom. The summed E-state index contributed by atoms with van der Waals surface area (Å²) in [6.45, 7) is 6.60. The minimum absolute atomic E-state index is 0.639. The van der Waals surface area contributed by atoms with Gasteiger partial charge in [0.25, 0.3) is 0 Å². The molecule has 1 aliphatic rings. The summed E-state index contributed by atoms with van der Waals surface area (Å²) in [6, 6.07) is 6.76. The summed E-state index contributed by atoms with van der Waals surface area (Å²) in [4.78, 5) is 0. The van der Waals surface area contributed by atoms with Gasteiger partial charge < -0.3 is 0 Å². The van der Waals surface area contributed by atoms with Crippen LogP contribution >= 0.6 is 0 Å². The Bertz CT molecular complexity index is 433. The van der Waals surface area contributed by atoms with Crippen molar-refractivity contribution in [2.24, 2.45) is 5.92 Å². The van der Waals surface area contributed by atoms with E-state index in [0.717, 1.165) is 0 Å². The van der Waals surface area contributed by atoms with Gasteiger partial charge in [0, 0.05) is 0 Å². The number of benzene rings is 1. The van der Waals surface area contributed by atoms with E-state index in [0.29, 0.717) is 5.92 Å². The average molecular weight is 212 g/mol. The molecule has 0 heteroatoms. The van der Waals surface area contributed by atoms with E-state index in [2.05, 4.69) is 57.2 Å². The van der Waals surface area contributed by atoms with Crippen LogP contribution in [0.5, 0.6) is 0 Å². The fraction of sp³-hybridized carbons (Fsp3) is 0.375. The Hall–Kier alpha value is -1.30. The highest BCUT2D eigenvalue weighted by Crippen LogP contribution is 2.25. The molecule has 0 aliphatic heterocycles. The van der Waals surface area contributed by atoms with Gasteiger partial charge in [-0.1, -0.05) is 55.8 Å². The fourth-order valence-electron chi connectivity index (χ4n) is 2.09. The van der Waals surface area contributed by atoms with Gasteiger partial charge in [-0.3, -0.25) is 0 Å². The molecule has 0 radical (unpaired) electrons. The second kappa shape index (κ2) is 4.69. The molecule has 0 spiro atoms. The monoisotopic (exact) mass is 212 g/mol. The summed E-state index contributed by atoms with van der Waals surface area (Å²) in [5.41, 5.74) is 5.74. The second-order valence-electron chi connectivity index (χ2n) is 5.02. The van der Waals surface area contributed by atoms with Gasteiger partial charge in [-0.2, -0.15) is 0 Å². The Morgan fingerprint density at radius 1 is 1.19 bits per heavy atom. The highest BCUT2D eigenvalue weighted by atomic mass is 14.1. The van der Waals surface area contributed by atoms with Crippen LogP contribution in [0.2, 0.25) is 0 Å². The molecule has 0 heterocycles. The number of hydrogen-bond acceptors (Lipinski definition) is 0. The second-order valence-corrected chi connectivity index (χ2v) is 5.02. The maximum atomic E-state index is 2.33.